The number of aliphatic hydroxyl groups is 1. The predicted molar refractivity (Wildman–Crippen MR) is 88.9 cm³/mol. The first-order chi connectivity index (χ1) is 11.5. The van der Waals surface area contributed by atoms with Gasteiger partial charge in [0.25, 0.3) is 5.91 Å². The van der Waals surface area contributed by atoms with Gasteiger partial charge in [0.1, 0.15) is 23.8 Å². The fourth-order valence-electron chi connectivity index (χ4n) is 2.54. The topological polar surface area (TPSA) is 58.6 Å². The van der Waals surface area contributed by atoms with Gasteiger partial charge in [-0.15, -0.1) is 0 Å². The third-order valence-electron chi connectivity index (χ3n) is 3.97. The molecule has 1 unspecified atom stereocenters. The van der Waals surface area contributed by atoms with Crippen LogP contribution in [-0.4, -0.2) is 24.2 Å². The largest absolute Gasteiger partial charge is 0.488 e. The molecule has 124 valence electrons. The zero-order chi connectivity index (χ0) is 17.2. The van der Waals surface area contributed by atoms with E-state index in [9.17, 15) is 14.3 Å². The van der Waals surface area contributed by atoms with E-state index in [1.54, 1.807) is 25.1 Å². The first kappa shape index (κ1) is 16.2. The van der Waals surface area contributed by atoms with Gasteiger partial charge in [-0.05, 0) is 36.8 Å². The highest BCUT2D eigenvalue weighted by Gasteiger charge is 2.25. The molecule has 1 aliphatic rings. The van der Waals surface area contributed by atoms with Crippen LogP contribution in [0.15, 0.2) is 54.1 Å². The lowest BCUT2D eigenvalue weighted by Gasteiger charge is -2.25. The van der Waals surface area contributed by atoms with Gasteiger partial charge >= 0.3 is 0 Å². The van der Waals surface area contributed by atoms with Crippen LogP contribution in [0.2, 0.25) is 0 Å². The molecule has 0 radical (unpaired) electrons. The normalized spacial score (nSPS) is 15.5. The molecule has 0 saturated heterocycles. The fourth-order valence-corrected chi connectivity index (χ4v) is 2.54. The number of hydrogen-bond donors (Lipinski definition) is 2. The maximum absolute atomic E-state index is 13.3. The van der Waals surface area contributed by atoms with Crippen molar-refractivity contribution in [3.63, 3.8) is 0 Å². The van der Waals surface area contributed by atoms with Gasteiger partial charge in [0.15, 0.2) is 0 Å². The minimum absolute atomic E-state index is 0.0587. The van der Waals surface area contributed by atoms with Crippen LogP contribution in [-0.2, 0) is 10.4 Å². The van der Waals surface area contributed by atoms with E-state index in [1.165, 1.54) is 18.2 Å². The molecule has 1 amide bonds. The minimum atomic E-state index is -1.18. The summed E-state index contributed by atoms with van der Waals surface area (Å²) >= 11 is 0. The van der Waals surface area contributed by atoms with Crippen molar-refractivity contribution in [3.8, 4) is 5.75 Å². The number of fused-ring (bicyclic) bond motifs is 1. The number of carbonyl (C=O) groups excluding carboxylic acids is 1. The molecule has 3 rings (SSSR count). The van der Waals surface area contributed by atoms with Crippen LogP contribution in [0.3, 0.4) is 0 Å². The van der Waals surface area contributed by atoms with Crippen LogP contribution < -0.4 is 10.1 Å². The summed E-state index contributed by atoms with van der Waals surface area (Å²) in [6.45, 7) is 1.81. The SMILES string of the molecule is CC(O)(CNC(=O)C1=Cc2cc(F)ccc2OC1)c1ccccc1. The molecule has 1 atom stereocenters. The summed E-state index contributed by atoms with van der Waals surface area (Å²) in [5.74, 6) is -0.187. The first-order valence-corrected chi connectivity index (χ1v) is 7.65. The standard InChI is InChI=1S/C19H18FNO3/c1-19(23,15-5-3-2-4-6-15)12-21-18(22)14-9-13-10-16(20)7-8-17(13)24-11-14/h2-10,23H,11-12H2,1H3,(H,21,22). The number of nitrogens with one attached hydrogen (secondary N) is 1. The van der Waals surface area contributed by atoms with E-state index in [0.29, 0.717) is 22.4 Å². The second kappa shape index (κ2) is 6.45. The summed E-state index contributed by atoms with van der Waals surface area (Å²) in [6, 6.07) is 13.3. The second-order valence-corrected chi connectivity index (χ2v) is 5.96. The van der Waals surface area contributed by atoms with Crippen molar-refractivity contribution < 1.29 is 19.0 Å². The van der Waals surface area contributed by atoms with Crippen molar-refractivity contribution in [2.24, 2.45) is 0 Å². The lowest BCUT2D eigenvalue weighted by molar-refractivity contribution is -0.119. The van der Waals surface area contributed by atoms with Crippen molar-refractivity contribution in [2.45, 2.75) is 12.5 Å². The number of hydrogen-bond acceptors (Lipinski definition) is 3. The van der Waals surface area contributed by atoms with Crippen LogP contribution in [0, 0.1) is 5.82 Å². The van der Waals surface area contributed by atoms with E-state index in [0.717, 1.165) is 0 Å². The molecule has 0 fully saturated rings. The fraction of sp³-hybridized carbons (Fsp3) is 0.211. The number of benzene rings is 2. The third kappa shape index (κ3) is 3.46. The Morgan fingerprint density at radius 1 is 1.29 bits per heavy atom. The monoisotopic (exact) mass is 327 g/mol. The van der Waals surface area contributed by atoms with E-state index in [4.69, 9.17) is 4.74 Å². The van der Waals surface area contributed by atoms with Gasteiger partial charge in [-0.2, -0.15) is 0 Å². The van der Waals surface area contributed by atoms with Crippen molar-refractivity contribution in [1.29, 1.82) is 0 Å². The highest BCUT2D eigenvalue weighted by molar-refractivity contribution is 5.99. The molecule has 0 saturated carbocycles. The Balaban J connectivity index is 1.70. The maximum Gasteiger partial charge on any atom is 0.250 e. The Kier molecular flexibility index (Phi) is 4.36. The Morgan fingerprint density at radius 3 is 2.79 bits per heavy atom. The average Bonchev–Trinajstić information content (AvgIpc) is 2.60. The van der Waals surface area contributed by atoms with E-state index in [1.807, 2.05) is 18.2 Å². The number of halogens is 1. The van der Waals surface area contributed by atoms with E-state index >= 15 is 0 Å². The number of amides is 1. The maximum atomic E-state index is 13.3. The smallest absolute Gasteiger partial charge is 0.250 e. The highest BCUT2D eigenvalue weighted by Crippen LogP contribution is 2.27. The van der Waals surface area contributed by atoms with Gasteiger partial charge < -0.3 is 15.2 Å². The molecule has 1 aliphatic heterocycles. The van der Waals surface area contributed by atoms with Crippen molar-refractivity contribution in [2.75, 3.05) is 13.2 Å². The number of rotatable bonds is 4. The lowest BCUT2D eigenvalue weighted by Crippen LogP contribution is -2.40. The molecular weight excluding hydrogens is 309 g/mol. The van der Waals surface area contributed by atoms with Gasteiger partial charge in [-0.1, -0.05) is 30.3 Å². The van der Waals surface area contributed by atoms with Crippen molar-refractivity contribution in [3.05, 3.63) is 71.0 Å². The molecule has 5 heteroatoms. The van der Waals surface area contributed by atoms with Crippen LogP contribution >= 0.6 is 0 Å². The number of ether oxygens (including phenoxy) is 1. The lowest BCUT2D eigenvalue weighted by atomic mass is 9.96. The van der Waals surface area contributed by atoms with Crippen LogP contribution in [0.25, 0.3) is 6.08 Å². The molecule has 0 aromatic heterocycles. The van der Waals surface area contributed by atoms with Crippen LogP contribution in [0.1, 0.15) is 18.1 Å². The summed E-state index contributed by atoms with van der Waals surface area (Å²) in [4.78, 5) is 12.3. The van der Waals surface area contributed by atoms with Crippen molar-refractivity contribution in [1.82, 2.24) is 5.32 Å². The zero-order valence-electron chi connectivity index (χ0n) is 13.3. The Morgan fingerprint density at radius 2 is 2.04 bits per heavy atom. The third-order valence-corrected chi connectivity index (χ3v) is 3.97. The molecule has 24 heavy (non-hydrogen) atoms. The van der Waals surface area contributed by atoms with Gasteiger partial charge in [-0.25, -0.2) is 4.39 Å². The summed E-state index contributed by atoms with van der Waals surface area (Å²) in [5.41, 5.74) is 0.446. The molecular formula is C19H18FNO3. The second-order valence-electron chi connectivity index (χ2n) is 5.96. The molecule has 4 nitrogen and oxygen atoms in total. The summed E-state index contributed by atoms with van der Waals surface area (Å²) in [7, 11) is 0. The van der Waals surface area contributed by atoms with Crippen LogP contribution in [0.5, 0.6) is 5.75 Å². The van der Waals surface area contributed by atoms with Gasteiger partial charge in [0, 0.05) is 5.56 Å². The molecule has 0 bridgehead atoms. The summed E-state index contributed by atoms with van der Waals surface area (Å²) in [5, 5.41) is 13.2. The number of carbonyl (C=O) groups is 1. The summed E-state index contributed by atoms with van der Waals surface area (Å²) < 4.78 is 18.8. The highest BCUT2D eigenvalue weighted by atomic mass is 19.1. The minimum Gasteiger partial charge on any atom is -0.488 e. The Hall–Kier alpha value is -2.66. The average molecular weight is 327 g/mol. The molecule has 2 aromatic rings. The predicted octanol–water partition coefficient (Wildman–Crippen LogP) is 2.63. The Bertz CT molecular complexity index is 784. The molecule has 0 aliphatic carbocycles. The van der Waals surface area contributed by atoms with Gasteiger partial charge in [0.2, 0.25) is 0 Å². The van der Waals surface area contributed by atoms with Crippen molar-refractivity contribution >= 4 is 12.0 Å². The van der Waals surface area contributed by atoms with Gasteiger partial charge in [-0.3, -0.25) is 4.79 Å². The van der Waals surface area contributed by atoms with Gasteiger partial charge in [0.05, 0.1) is 12.1 Å². The Labute approximate surface area is 139 Å². The molecule has 1 heterocycles. The molecule has 0 spiro atoms. The quantitative estimate of drug-likeness (QED) is 0.907. The van der Waals surface area contributed by atoms with E-state index < -0.39 is 5.60 Å². The van der Waals surface area contributed by atoms with E-state index in [2.05, 4.69) is 5.32 Å². The first-order valence-electron chi connectivity index (χ1n) is 7.65. The summed E-state index contributed by atoms with van der Waals surface area (Å²) in [6.07, 6.45) is 1.61. The molecule has 2 N–H and O–H groups in total. The zero-order valence-corrected chi connectivity index (χ0v) is 13.3. The van der Waals surface area contributed by atoms with E-state index in [-0.39, 0.29) is 24.9 Å². The molecule has 2 aromatic carbocycles. The van der Waals surface area contributed by atoms with Crippen LogP contribution in [0.4, 0.5) is 4.39 Å².